The number of ether oxygens (including phenoxy) is 2. The number of alkyl halides is 6. The summed E-state index contributed by atoms with van der Waals surface area (Å²) in [6.45, 7) is 0.919. The largest absolute Gasteiger partial charge is 0.493 e. The average molecular weight is 582 g/mol. The van der Waals surface area contributed by atoms with E-state index in [4.69, 9.17) is 19.4 Å². The fourth-order valence-corrected chi connectivity index (χ4v) is 5.37. The first kappa shape index (κ1) is 30.9. The Kier molecular flexibility index (Phi) is 9.17. The molecule has 9 nitrogen and oxygen atoms in total. The van der Waals surface area contributed by atoms with Crippen molar-refractivity contribution < 1.29 is 54.9 Å². The third-order valence-electron chi connectivity index (χ3n) is 7.23. The van der Waals surface area contributed by atoms with Gasteiger partial charge in [0.1, 0.15) is 0 Å². The van der Waals surface area contributed by atoms with E-state index in [1.54, 1.807) is 14.2 Å². The van der Waals surface area contributed by atoms with Crippen LogP contribution in [0.3, 0.4) is 0 Å². The lowest BCUT2D eigenvalue weighted by atomic mass is 9.65. The van der Waals surface area contributed by atoms with E-state index >= 15 is 0 Å². The quantitative estimate of drug-likeness (QED) is 0.413. The van der Waals surface area contributed by atoms with Crippen LogP contribution in [0.15, 0.2) is 34.9 Å². The molecule has 2 heterocycles. The van der Waals surface area contributed by atoms with Crippen LogP contribution in [0.1, 0.15) is 37.0 Å². The van der Waals surface area contributed by atoms with Crippen LogP contribution in [0.2, 0.25) is 0 Å². The molecule has 1 aromatic carbocycles. The number of fused-ring (bicyclic) bond motifs is 1. The number of nitrogens with one attached hydrogen (secondary N) is 2. The molecule has 1 aliphatic carbocycles. The summed E-state index contributed by atoms with van der Waals surface area (Å²) >= 11 is 0. The number of hydrogen-bond donors (Lipinski definition) is 3. The molecule has 2 aliphatic rings. The van der Waals surface area contributed by atoms with Crippen LogP contribution >= 0.6 is 0 Å². The number of nitrogens with zero attached hydrogens (tertiary/aromatic N) is 1. The lowest BCUT2D eigenvalue weighted by molar-refractivity contribution is -0.192. The highest BCUT2D eigenvalue weighted by Crippen LogP contribution is 2.50. The highest BCUT2D eigenvalue weighted by atomic mass is 19.4. The number of hydrogen-bond acceptors (Lipinski definition) is 6. The molecule has 1 aliphatic heterocycles. The van der Waals surface area contributed by atoms with Crippen LogP contribution in [-0.2, 0) is 16.4 Å². The highest BCUT2D eigenvalue weighted by molar-refractivity contribution is 5.90. The van der Waals surface area contributed by atoms with E-state index in [0.717, 1.165) is 31.7 Å². The maximum Gasteiger partial charge on any atom is 0.490 e. The number of halogens is 6. The Hall–Kier alpha value is -3.62. The Morgan fingerprint density at radius 2 is 1.73 bits per heavy atom. The van der Waals surface area contributed by atoms with Gasteiger partial charge in [-0.15, -0.1) is 0 Å². The number of anilines is 1. The second-order valence-electron chi connectivity index (χ2n) is 9.51. The van der Waals surface area contributed by atoms with Crippen LogP contribution in [-0.4, -0.2) is 68.1 Å². The summed E-state index contributed by atoms with van der Waals surface area (Å²) in [5.74, 6) is -2.63. The number of urea groups is 1. The van der Waals surface area contributed by atoms with Gasteiger partial charge in [-0.25, -0.2) is 9.59 Å². The number of carboxylic acid groups (broad SMARTS) is 1. The minimum Gasteiger partial charge on any atom is -0.493 e. The summed E-state index contributed by atoms with van der Waals surface area (Å²) in [4.78, 5) is 23.6. The molecule has 40 heavy (non-hydrogen) atoms. The molecular formula is C25H29F6N3O6. The molecule has 3 unspecified atom stereocenters. The third-order valence-corrected chi connectivity index (χ3v) is 7.23. The van der Waals surface area contributed by atoms with Gasteiger partial charge in [0.2, 0.25) is 5.76 Å². The molecule has 0 spiro atoms. The van der Waals surface area contributed by atoms with Gasteiger partial charge in [0, 0.05) is 23.6 Å². The molecule has 2 fully saturated rings. The number of carboxylic acids is 1. The molecule has 0 radical (unpaired) electrons. The topological polar surface area (TPSA) is 113 Å². The number of carbonyl (C=O) groups excluding carboxylic acids is 1. The number of carbonyl (C=O) groups is 2. The molecule has 3 atom stereocenters. The number of amides is 2. The fraction of sp³-hybridized carbons (Fsp3) is 0.520. The van der Waals surface area contributed by atoms with Gasteiger partial charge < -0.3 is 34.5 Å². The summed E-state index contributed by atoms with van der Waals surface area (Å²) < 4.78 is 86.1. The first-order valence-electron chi connectivity index (χ1n) is 12.1. The Morgan fingerprint density at radius 1 is 1.07 bits per heavy atom. The molecule has 15 heteroatoms. The number of methoxy groups -OCH3 is 2. The number of likely N-dealkylation sites (tertiary alicyclic amines) is 1. The molecular weight excluding hydrogens is 552 g/mol. The molecule has 3 N–H and O–H groups in total. The molecule has 1 aromatic heterocycles. The van der Waals surface area contributed by atoms with Crippen molar-refractivity contribution >= 4 is 17.7 Å². The Bertz CT molecular complexity index is 1200. The van der Waals surface area contributed by atoms with E-state index in [-0.39, 0.29) is 17.5 Å². The molecule has 2 amide bonds. The van der Waals surface area contributed by atoms with Crippen LogP contribution < -0.4 is 20.1 Å². The monoisotopic (exact) mass is 581 g/mol. The lowest BCUT2D eigenvalue weighted by Gasteiger charge is -2.45. The van der Waals surface area contributed by atoms with Crippen LogP contribution in [0.4, 0.5) is 36.8 Å². The van der Waals surface area contributed by atoms with E-state index in [0.29, 0.717) is 24.3 Å². The van der Waals surface area contributed by atoms with Crippen molar-refractivity contribution in [2.75, 3.05) is 33.1 Å². The summed E-state index contributed by atoms with van der Waals surface area (Å²) in [5.41, 5.74) is 0.691. The average Bonchev–Trinajstić information content (AvgIpc) is 3.48. The summed E-state index contributed by atoms with van der Waals surface area (Å²) in [6, 6.07) is 6.45. The van der Waals surface area contributed by atoms with Crippen molar-refractivity contribution in [3.63, 3.8) is 0 Å². The van der Waals surface area contributed by atoms with Crippen molar-refractivity contribution in [2.24, 2.45) is 0 Å². The third kappa shape index (κ3) is 6.74. The van der Waals surface area contributed by atoms with Crippen LogP contribution in [0.25, 0.3) is 0 Å². The zero-order valence-corrected chi connectivity index (χ0v) is 21.8. The van der Waals surface area contributed by atoms with Crippen LogP contribution in [0.5, 0.6) is 11.5 Å². The summed E-state index contributed by atoms with van der Waals surface area (Å²) in [5, 5.41) is 12.2. The lowest BCUT2D eigenvalue weighted by Crippen LogP contribution is -2.52. The van der Waals surface area contributed by atoms with Crippen LogP contribution in [0, 0.1) is 0 Å². The molecule has 4 rings (SSSR count). The smallest absolute Gasteiger partial charge is 0.490 e. The van der Waals surface area contributed by atoms with Crippen molar-refractivity contribution in [1.29, 1.82) is 0 Å². The van der Waals surface area contributed by atoms with Gasteiger partial charge >= 0.3 is 24.4 Å². The zero-order chi connectivity index (χ0) is 29.9. The van der Waals surface area contributed by atoms with E-state index in [1.807, 2.05) is 12.1 Å². The number of likely N-dealkylation sites (N-methyl/N-ethyl adjacent to an activating group) is 1. The highest BCUT2D eigenvalue weighted by Gasteiger charge is 2.50. The predicted molar refractivity (Wildman–Crippen MR) is 129 cm³/mol. The van der Waals surface area contributed by atoms with Gasteiger partial charge in [-0.05, 0) is 57.0 Å². The number of benzene rings is 1. The Balaban J connectivity index is 0.000000559. The van der Waals surface area contributed by atoms with Crippen molar-refractivity contribution in [3.8, 4) is 11.5 Å². The van der Waals surface area contributed by atoms with Crippen molar-refractivity contribution in [1.82, 2.24) is 10.2 Å². The number of furan rings is 1. The van der Waals surface area contributed by atoms with E-state index in [2.05, 4.69) is 33.1 Å². The maximum atomic E-state index is 13.0. The van der Waals surface area contributed by atoms with Gasteiger partial charge in [-0.2, -0.15) is 26.3 Å². The maximum absolute atomic E-state index is 13.0. The summed E-state index contributed by atoms with van der Waals surface area (Å²) in [7, 11) is 5.28. The second-order valence-corrected chi connectivity index (χ2v) is 9.51. The van der Waals surface area contributed by atoms with Gasteiger partial charge in [0.05, 0.1) is 26.2 Å². The van der Waals surface area contributed by atoms with Crippen molar-refractivity contribution in [3.05, 3.63) is 41.9 Å². The molecule has 1 saturated heterocycles. The normalized spacial score (nSPS) is 22.9. The Labute approximate surface area is 225 Å². The number of rotatable bonds is 5. The van der Waals surface area contributed by atoms with E-state index in [1.165, 1.54) is 5.56 Å². The predicted octanol–water partition coefficient (Wildman–Crippen LogP) is 5.27. The molecule has 1 saturated carbocycles. The zero-order valence-electron chi connectivity index (χ0n) is 21.8. The first-order valence-corrected chi connectivity index (χ1v) is 12.1. The SMILES string of the molecule is COc1ccc(C23CCC(NC(=O)Nc4ccoc4C(F)(F)F)CC2N(C)CC3)cc1OC.O=C(O)C(F)(F)F. The van der Waals surface area contributed by atoms with Crippen molar-refractivity contribution in [2.45, 2.75) is 55.5 Å². The molecule has 222 valence electrons. The van der Waals surface area contributed by atoms with Gasteiger partial charge in [0.25, 0.3) is 0 Å². The van der Waals surface area contributed by atoms with E-state index < -0.39 is 35.8 Å². The first-order chi connectivity index (χ1) is 18.6. The Morgan fingerprint density at radius 3 is 2.30 bits per heavy atom. The fourth-order valence-electron chi connectivity index (χ4n) is 5.37. The second kappa shape index (κ2) is 11.9. The van der Waals surface area contributed by atoms with E-state index in [9.17, 15) is 31.1 Å². The molecule has 0 bridgehead atoms. The number of aliphatic carboxylic acids is 1. The minimum atomic E-state index is -5.08. The minimum absolute atomic E-state index is 0.0863. The van der Waals surface area contributed by atoms with Gasteiger partial charge in [-0.1, -0.05) is 6.07 Å². The van der Waals surface area contributed by atoms with Gasteiger partial charge in [0.15, 0.2) is 11.5 Å². The van der Waals surface area contributed by atoms with Gasteiger partial charge in [-0.3, -0.25) is 0 Å². The summed E-state index contributed by atoms with van der Waals surface area (Å²) in [6.07, 6.45) is -5.64. The standard InChI is InChI=1S/C23H28F3N3O4.C2HF3O2/c1-29-10-9-22(14-4-5-17(31-2)18(12-14)32-3)8-6-15(13-19(22)29)27-21(30)28-16-7-11-33-20(16)23(24,25)26;3-2(4,5)1(6)7/h4-5,7,11-12,15,19H,6,8-10,13H2,1-3H3,(H2,27,28,30);(H,6,7). The molecule has 2 aromatic rings.